The maximum Gasteiger partial charge on any atom is 0.263 e. The fourth-order valence-corrected chi connectivity index (χ4v) is 5.48. The summed E-state index contributed by atoms with van der Waals surface area (Å²) < 4.78 is 0. The highest BCUT2D eigenvalue weighted by Gasteiger charge is 2.23. The van der Waals surface area contributed by atoms with E-state index >= 15 is 0 Å². The van der Waals surface area contributed by atoms with Crippen LogP contribution in [-0.2, 0) is 0 Å². The number of aryl methyl sites for hydroxylation is 1. The third kappa shape index (κ3) is 3.10. The predicted octanol–water partition coefficient (Wildman–Crippen LogP) is 4.44. The first-order valence-electron chi connectivity index (χ1n) is 6.73. The van der Waals surface area contributed by atoms with E-state index in [1.54, 1.807) is 11.3 Å². The monoisotopic (exact) mass is 323 g/mol. The van der Waals surface area contributed by atoms with E-state index in [9.17, 15) is 4.79 Å². The minimum absolute atomic E-state index is 0.204. The summed E-state index contributed by atoms with van der Waals surface area (Å²) in [4.78, 5) is 16.8. The molecule has 1 atom stereocenters. The van der Waals surface area contributed by atoms with Crippen molar-refractivity contribution >= 4 is 40.3 Å². The van der Waals surface area contributed by atoms with Crippen molar-refractivity contribution in [1.29, 1.82) is 0 Å². The Hall–Kier alpha value is -0.780. The summed E-state index contributed by atoms with van der Waals surface area (Å²) in [6, 6.07) is 6.33. The fraction of sp³-hybridized carbons (Fsp3) is 0.400. The summed E-state index contributed by atoms with van der Waals surface area (Å²) in [6.07, 6.45) is 1.06. The van der Waals surface area contributed by atoms with E-state index in [1.807, 2.05) is 46.4 Å². The van der Waals surface area contributed by atoms with Crippen LogP contribution in [0.1, 0.15) is 31.8 Å². The molecule has 1 amide bonds. The molecule has 0 bridgehead atoms. The minimum Gasteiger partial charge on any atom is -0.337 e. The van der Waals surface area contributed by atoms with E-state index < -0.39 is 0 Å². The number of thioether (sulfide) groups is 1. The van der Waals surface area contributed by atoms with Gasteiger partial charge in [0, 0.05) is 29.0 Å². The van der Waals surface area contributed by atoms with Gasteiger partial charge in [-0.1, -0.05) is 6.07 Å². The van der Waals surface area contributed by atoms with Crippen molar-refractivity contribution < 1.29 is 4.79 Å². The molecule has 1 aliphatic rings. The van der Waals surface area contributed by atoms with Crippen molar-refractivity contribution in [2.75, 3.05) is 18.8 Å². The third-order valence-electron chi connectivity index (χ3n) is 3.43. The number of rotatable bonds is 2. The van der Waals surface area contributed by atoms with Gasteiger partial charge in [-0.15, -0.1) is 22.7 Å². The Kier molecular flexibility index (Phi) is 4.48. The molecule has 0 unspecified atom stereocenters. The molecule has 1 saturated heterocycles. The van der Waals surface area contributed by atoms with E-state index in [1.165, 1.54) is 10.4 Å². The van der Waals surface area contributed by atoms with Crippen LogP contribution in [0.2, 0.25) is 0 Å². The normalized spacial score (nSPS) is 19.9. The molecule has 3 heterocycles. The average Bonchev–Trinajstić information content (AvgIpc) is 3.05. The first kappa shape index (κ1) is 14.2. The lowest BCUT2D eigenvalue weighted by atomic mass is 10.2. The minimum atomic E-state index is 0.204. The highest BCUT2D eigenvalue weighted by atomic mass is 32.2. The van der Waals surface area contributed by atoms with Crippen molar-refractivity contribution in [3.63, 3.8) is 0 Å². The zero-order chi connectivity index (χ0) is 13.9. The highest BCUT2D eigenvalue weighted by Crippen LogP contribution is 2.37. The molecule has 1 fully saturated rings. The molecule has 0 saturated carbocycles. The van der Waals surface area contributed by atoms with Crippen molar-refractivity contribution in [3.8, 4) is 0 Å². The molecule has 2 aromatic heterocycles. The molecule has 2 aromatic rings. The fourth-order valence-electron chi connectivity index (χ4n) is 2.37. The number of nitrogens with zero attached hydrogens (tertiary/aromatic N) is 1. The highest BCUT2D eigenvalue weighted by molar-refractivity contribution is 7.99. The number of amides is 1. The molecule has 106 valence electrons. The van der Waals surface area contributed by atoms with Crippen LogP contribution in [0, 0.1) is 6.92 Å². The second-order valence-electron chi connectivity index (χ2n) is 4.94. The number of hydrogen-bond acceptors (Lipinski definition) is 4. The smallest absolute Gasteiger partial charge is 0.263 e. The van der Waals surface area contributed by atoms with Gasteiger partial charge in [0.15, 0.2) is 0 Å². The van der Waals surface area contributed by atoms with Gasteiger partial charge < -0.3 is 4.90 Å². The van der Waals surface area contributed by atoms with Crippen molar-refractivity contribution in [1.82, 2.24) is 4.90 Å². The van der Waals surface area contributed by atoms with E-state index in [0.29, 0.717) is 5.25 Å². The first-order chi connectivity index (χ1) is 9.74. The topological polar surface area (TPSA) is 20.3 Å². The molecule has 20 heavy (non-hydrogen) atoms. The standard InChI is InChI=1S/C15H17NOS3/c1-11-9-14(20-10-11)15(17)16-5-4-13(19-8-6-16)12-3-2-7-18-12/h2-3,7,9-10,13H,4-6,8H2,1H3/t13-/m1/s1. The lowest BCUT2D eigenvalue weighted by Crippen LogP contribution is -2.32. The van der Waals surface area contributed by atoms with Gasteiger partial charge in [0.05, 0.1) is 4.88 Å². The summed E-state index contributed by atoms with van der Waals surface area (Å²) in [5.74, 6) is 1.23. The van der Waals surface area contributed by atoms with Crippen molar-refractivity contribution in [3.05, 3.63) is 44.3 Å². The largest absolute Gasteiger partial charge is 0.337 e. The molecule has 1 aliphatic heterocycles. The van der Waals surface area contributed by atoms with Gasteiger partial charge in [0.1, 0.15) is 0 Å². The zero-order valence-electron chi connectivity index (χ0n) is 11.4. The Balaban J connectivity index is 1.66. The Morgan fingerprint density at radius 1 is 1.35 bits per heavy atom. The number of hydrogen-bond donors (Lipinski definition) is 0. The van der Waals surface area contributed by atoms with Crippen LogP contribution in [0.25, 0.3) is 0 Å². The van der Waals surface area contributed by atoms with Gasteiger partial charge in [0.25, 0.3) is 5.91 Å². The Morgan fingerprint density at radius 2 is 2.25 bits per heavy atom. The van der Waals surface area contributed by atoms with E-state index in [-0.39, 0.29) is 5.91 Å². The molecule has 0 radical (unpaired) electrons. The van der Waals surface area contributed by atoms with E-state index in [0.717, 1.165) is 30.1 Å². The van der Waals surface area contributed by atoms with Crippen LogP contribution in [0.15, 0.2) is 29.0 Å². The number of carbonyl (C=O) groups excluding carboxylic acids is 1. The number of thiophene rings is 2. The molecule has 0 N–H and O–H groups in total. The van der Waals surface area contributed by atoms with Crippen LogP contribution in [-0.4, -0.2) is 29.6 Å². The summed E-state index contributed by atoms with van der Waals surface area (Å²) in [7, 11) is 0. The predicted molar refractivity (Wildman–Crippen MR) is 89.1 cm³/mol. The van der Waals surface area contributed by atoms with E-state index in [2.05, 4.69) is 17.5 Å². The molecular formula is C15H17NOS3. The van der Waals surface area contributed by atoms with Gasteiger partial charge in [-0.05, 0) is 41.8 Å². The van der Waals surface area contributed by atoms with Gasteiger partial charge in [-0.25, -0.2) is 0 Å². The third-order valence-corrected chi connectivity index (χ3v) is 6.91. The Bertz CT molecular complexity index is 576. The number of carbonyl (C=O) groups is 1. The maximum absolute atomic E-state index is 12.5. The molecule has 3 rings (SSSR count). The van der Waals surface area contributed by atoms with Gasteiger partial charge >= 0.3 is 0 Å². The molecule has 2 nitrogen and oxygen atoms in total. The molecule has 0 spiro atoms. The van der Waals surface area contributed by atoms with Crippen LogP contribution >= 0.6 is 34.4 Å². The summed E-state index contributed by atoms with van der Waals surface area (Å²) >= 11 is 5.37. The van der Waals surface area contributed by atoms with Crippen LogP contribution < -0.4 is 0 Å². The lowest BCUT2D eigenvalue weighted by Gasteiger charge is -2.19. The second-order valence-corrected chi connectivity index (χ2v) is 8.15. The van der Waals surface area contributed by atoms with Crippen LogP contribution in [0.4, 0.5) is 0 Å². The van der Waals surface area contributed by atoms with E-state index in [4.69, 9.17) is 0 Å². The zero-order valence-corrected chi connectivity index (χ0v) is 13.8. The van der Waals surface area contributed by atoms with Crippen molar-refractivity contribution in [2.45, 2.75) is 18.6 Å². The Labute approximate surface area is 131 Å². The molecule has 0 aromatic carbocycles. The Morgan fingerprint density at radius 3 is 2.95 bits per heavy atom. The van der Waals surface area contributed by atoms with Gasteiger partial charge in [0.2, 0.25) is 0 Å². The van der Waals surface area contributed by atoms with Crippen molar-refractivity contribution in [2.24, 2.45) is 0 Å². The average molecular weight is 324 g/mol. The molecular weight excluding hydrogens is 306 g/mol. The SMILES string of the molecule is Cc1csc(C(=O)N2CCS[C@@H](c3cccs3)CC2)c1. The lowest BCUT2D eigenvalue weighted by molar-refractivity contribution is 0.0771. The van der Waals surface area contributed by atoms with Crippen LogP contribution in [0.5, 0.6) is 0 Å². The molecule has 5 heteroatoms. The molecule has 0 aliphatic carbocycles. The maximum atomic E-state index is 12.5. The summed E-state index contributed by atoms with van der Waals surface area (Å²) in [5, 5.41) is 4.74. The quantitative estimate of drug-likeness (QED) is 0.814. The van der Waals surface area contributed by atoms with Gasteiger partial charge in [-0.3, -0.25) is 4.79 Å². The summed E-state index contributed by atoms with van der Waals surface area (Å²) in [5.41, 5.74) is 1.18. The van der Waals surface area contributed by atoms with Crippen LogP contribution in [0.3, 0.4) is 0 Å². The second kappa shape index (κ2) is 6.33. The first-order valence-corrected chi connectivity index (χ1v) is 9.54. The summed E-state index contributed by atoms with van der Waals surface area (Å²) in [6.45, 7) is 3.77. The van der Waals surface area contributed by atoms with Gasteiger partial charge in [-0.2, -0.15) is 11.8 Å².